The van der Waals surface area contributed by atoms with Crippen LogP contribution >= 0.6 is 11.6 Å². The topological polar surface area (TPSA) is 97.6 Å². The molecule has 1 aromatic carbocycles. The van der Waals surface area contributed by atoms with Crippen LogP contribution in [0.25, 0.3) is 5.69 Å². The highest BCUT2D eigenvalue weighted by molar-refractivity contribution is 6.29. The summed E-state index contributed by atoms with van der Waals surface area (Å²) in [5, 5.41) is 15.1. The van der Waals surface area contributed by atoms with Gasteiger partial charge in [0.05, 0.1) is 36.0 Å². The standard InChI is InChI=1S/C18H18ClN7O/c19-16-10-21-17(11-20-16)24-13-5-3-6-14(13)25-18(27)12-4-1-2-7-15(12)26-22-8-9-23-26/h1-2,4,7-11,13-14H,3,5-6H2,(H,21,24)(H,25,27)/t13-,14+/m0/s1. The predicted octanol–water partition coefficient (Wildman–Crippen LogP) is 2.47. The Balaban J connectivity index is 1.48. The van der Waals surface area contributed by atoms with E-state index in [0.29, 0.717) is 22.2 Å². The lowest BCUT2D eigenvalue weighted by Gasteiger charge is -2.23. The summed E-state index contributed by atoms with van der Waals surface area (Å²) in [5.74, 6) is 0.496. The second-order valence-electron chi connectivity index (χ2n) is 6.32. The van der Waals surface area contributed by atoms with Crippen LogP contribution in [-0.4, -0.2) is 43.0 Å². The molecule has 0 radical (unpaired) electrons. The summed E-state index contributed by atoms with van der Waals surface area (Å²) in [6.07, 6.45) is 9.12. The number of anilines is 1. The Labute approximate surface area is 161 Å². The first kappa shape index (κ1) is 17.4. The van der Waals surface area contributed by atoms with E-state index in [4.69, 9.17) is 11.6 Å². The van der Waals surface area contributed by atoms with Crippen molar-refractivity contribution >= 4 is 23.3 Å². The molecule has 27 heavy (non-hydrogen) atoms. The summed E-state index contributed by atoms with van der Waals surface area (Å²) in [6, 6.07) is 7.36. The molecule has 0 spiro atoms. The second kappa shape index (κ2) is 7.71. The molecule has 1 aliphatic rings. The highest BCUT2D eigenvalue weighted by Crippen LogP contribution is 2.23. The van der Waals surface area contributed by atoms with Crippen molar-refractivity contribution in [2.75, 3.05) is 5.32 Å². The molecule has 1 saturated carbocycles. The SMILES string of the molecule is O=C(N[C@@H]1CCC[C@@H]1Nc1cnc(Cl)cn1)c1ccccc1-n1nccn1. The smallest absolute Gasteiger partial charge is 0.253 e. The molecule has 8 nitrogen and oxygen atoms in total. The van der Waals surface area contributed by atoms with Gasteiger partial charge >= 0.3 is 0 Å². The van der Waals surface area contributed by atoms with Crippen molar-refractivity contribution in [3.8, 4) is 5.69 Å². The van der Waals surface area contributed by atoms with Gasteiger partial charge in [0.2, 0.25) is 0 Å². The Bertz CT molecular complexity index is 914. The Morgan fingerprint density at radius 1 is 1.07 bits per heavy atom. The molecule has 9 heteroatoms. The Morgan fingerprint density at radius 2 is 1.85 bits per heavy atom. The lowest BCUT2D eigenvalue weighted by Crippen LogP contribution is -2.43. The van der Waals surface area contributed by atoms with Crippen LogP contribution in [0.3, 0.4) is 0 Å². The molecule has 1 amide bonds. The molecule has 2 heterocycles. The van der Waals surface area contributed by atoms with Gasteiger partial charge < -0.3 is 10.6 Å². The third-order valence-corrected chi connectivity index (χ3v) is 4.76. The largest absolute Gasteiger partial charge is 0.364 e. The van der Waals surface area contributed by atoms with E-state index < -0.39 is 0 Å². The van der Waals surface area contributed by atoms with Gasteiger partial charge in [0, 0.05) is 12.1 Å². The molecule has 138 valence electrons. The van der Waals surface area contributed by atoms with E-state index in [2.05, 4.69) is 30.8 Å². The number of para-hydroxylation sites is 1. The summed E-state index contributed by atoms with van der Waals surface area (Å²) in [7, 11) is 0. The van der Waals surface area contributed by atoms with E-state index >= 15 is 0 Å². The second-order valence-corrected chi connectivity index (χ2v) is 6.71. The van der Waals surface area contributed by atoms with Crippen molar-refractivity contribution in [2.45, 2.75) is 31.3 Å². The number of amides is 1. The Morgan fingerprint density at radius 3 is 2.63 bits per heavy atom. The summed E-state index contributed by atoms with van der Waals surface area (Å²) >= 11 is 5.78. The number of nitrogens with one attached hydrogen (secondary N) is 2. The van der Waals surface area contributed by atoms with Gasteiger partial charge in [-0.15, -0.1) is 0 Å². The summed E-state index contributed by atoms with van der Waals surface area (Å²) < 4.78 is 0. The lowest BCUT2D eigenvalue weighted by atomic mass is 10.1. The van der Waals surface area contributed by atoms with Gasteiger partial charge in [-0.3, -0.25) is 4.79 Å². The zero-order valence-corrected chi connectivity index (χ0v) is 15.2. The van der Waals surface area contributed by atoms with E-state index in [0.717, 1.165) is 19.3 Å². The summed E-state index contributed by atoms with van der Waals surface area (Å²) in [4.78, 5) is 22.6. The van der Waals surface area contributed by atoms with Gasteiger partial charge in [0.25, 0.3) is 5.91 Å². The number of rotatable bonds is 5. The van der Waals surface area contributed by atoms with Crippen LogP contribution in [-0.2, 0) is 0 Å². The molecule has 2 N–H and O–H groups in total. The zero-order valence-electron chi connectivity index (χ0n) is 14.4. The number of nitrogens with zero attached hydrogens (tertiary/aromatic N) is 5. The molecule has 2 atom stereocenters. The van der Waals surface area contributed by atoms with Gasteiger partial charge in [-0.25, -0.2) is 9.97 Å². The molecule has 0 saturated heterocycles. The third-order valence-electron chi connectivity index (χ3n) is 4.57. The minimum atomic E-state index is -0.149. The molecule has 0 unspecified atom stereocenters. The maximum atomic E-state index is 12.9. The number of hydrogen-bond acceptors (Lipinski definition) is 6. The van der Waals surface area contributed by atoms with Gasteiger partial charge in [-0.2, -0.15) is 15.0 Å². The van der Waals surface area contributed by atoms with Crippen LogP contribution < -0.4 is 10.6 Å². The maximum Gasteiger partial charge on any atom is 0.253 e. The average molecular weight is 384 g/mol. The van der Waals surface area contributed by atoms with E-state index in [-0.39, 0.29) is 18.0 Å². The van der Waals surface area contributed by atoms with Crippen molar-refractivity contribution in [1.29, 1.82) is 0 Å². The fourth-order valence-corrected chi connectivity index (χ4v) is 3.41. The summed E-state index contributed by atoms with van der Waals surface area (Å²) in [5.41, 5.74) is 1.18. The number of benzene rings is 1. The first-order chi connectivity index (χ1) is 13.2. The number of hydrogen-bond donors (Lipinski definition) is 2. The van der Waals surface area contributed by atoms with E-state index in [1.807, 2.05) is 18.2 Å². The van der Waals surface area contributed by atoms with Crippen LogP contribution in [0.4, 0.5) is 5.82 Å². The molecule has 0 bridgehead atoms. The predicted molar refractivity (Wildman–Crippen MR) is 101 cm³/mol. The van der Waals surface area contributed by atoms with E-state index in [1.165, 1.54) is 11.0 Å². The number of carbonyl (C=O) groups excluding carboxylic acids is 1. The highest BCUT2D eigenvalue weighted by Gasteiger charge is 2.29. The Hall–Kier alpha value is -3.00. The molecule has 2 aromatic heterocycles. The monoisotopic (exact) mass is 383 g/mol. The highest BCUT2D eigenvalue weighted by atomic mass is 35.5. The lowest BCUT2D eigenvalue weighted by molar-refractivity contribution is 0.0935. The first-order valence-corrected chi connectivity index (χ1v) is 9.09. The number of carbonyl (C=O) groups is 1. The minimum absolute atomic E-state index is 0.00591. The maximum absolute atomic E-state index is 12.9. The normalized spacial score (nSPS) is 19.0. The van der Waals surface area contributed by atoms with Gasteiger partial charge in [0.15, 0.2) is 0 Å². The van der Waals surface area contributed by atoms with Crippen molar-refractivity contribution in [3.63, 3.8) is 0 Å². The molecule has 0 aliphatic heterocycles. The van der Waals surface area contributed by atoms with Crippen molar-refractivity contribution in [3.05, 3.63) is 59.8 Å². The summed E-state index contributed by atoms with van der Waals surface area (Å²) in [6.45, 7) is 0. The molecule has 1 aliphatic carbocycles. The van der Waals surface area contributed by atoms with Crippen LogP contribution in [0.2, 0.25) is 5.15 Å². The molecule has 1 fully saturated rings. The number of aromatic nitrogens is 5. The van der Waals surface area contributed by atoms with Crippen LogP contribution in [0.15, 0.2) is 49.1 Å². The first-order valence-electron chi connectivity index (χ1n) is 8.71. The molecular formula is C18H18ClN7O. The fraction of sp³-hybridized carbons (Fsp3) is 0.278. The average Bonchev–Trinajstić information content (AvgIpc) is 3.36. The van der Waals surface area contributed by atoms with Crippen LogP contribution in [0.1, 0.15) is 29.6 Å². The molecule has 4 rings (SSSR count). The van der Waals surface area contributed by atoms with Crippen molar-refractivity contribution < 1.29 is 4.79 Å². The van der Waals surface area contributed by atoms with Crippen molar-refractivity contribution in [2.24, 2.45) is 0 Å². The Kier molecular flexibility index (Phi) is 4.97. The van der Waals surface area contributed by atoms with Crippen LogP contribution in [0.5, 0.6) is 0 Å². The van der Waals surface area contributed by atoms with E-state index in [9.17, 15) is 4.79 Å². The van der Waals surface area contributed by atoms with E-state index in [1.54, 1.807) is 24.7 Å². The van der Waals surface area contributed by atoms with Gasteiger partial charge in [-0.05, 0) is 31.4 Å². The van der Waals surface area contributed by atoms with Gasteiger partial charge in [0.1, 0.15) is 11.0 Å². The number of halogens is 1. The minimum Gasteiger partial charge on any atom is -0.364 e. The van der Waals surface area contributed by atoms with Crippen LogP contribution in [0, 0.1) is 0 Å². The molecular weight excluding hydrogens is 366 g/mol. The quantitative estimate of drug-likeness (QED) is 0.702. The fourth-order valence-electron chi connectivity index (χ4n) is 3.31. The molecule has 3 aromatic rings. The zero-order chi connectivity index (χ0) is 18.6. The third kappa shape index (κ3) is 3.90. The van der Waals surface area contributed by atoms with Crippen molar-refractivity contribution in [1.82, 2.24) is 30.3 Å². The van der Waals surface area contributed by atoms with Gasteiger partial charge in [-0.1, -0.05) is 23.7 Å².